The Labute approximate surface area is 476 Å². The molecule has 0 saturated heterocycles. The molecule has 0 fully saturated rings. The molecular weight excluding hydrogens is 1080 g/mol. The van der Waals surface area contributed by atoms with Gasteiger partial charge < -0.3 is 0 Å². The predicted molar refractivity (Wildman–Crippen MR) is 336 cm³/mol. The monoisotopic (exact) mass is 1150 g/mol. The molecule has 0 spiro atoms. The molecular formula is C70H66B2N2O2Se2. The average Bonchev–Trinajstić information content (AvgIpc) is 3.58. The Balaban J connectivity index is 0.965. The van der Waals surface area contributed by atoms with Crippen molar-refractivity contribution >= 4 is 128 Å². The first-order valence-electron chi connectivity index (χ1n) is 27.6. The molecule has 13 rings (SSSR count). The third-order valence-electron chi connectivity index (χ3n) is 16.3. The zero-order valence-corrected chi connectivity index (χ0v) is 50.4. The number of ether oxygens (including phenoxy) is 2. The van der Waals surface area contributed by atoms with Gasteiger partial charge in [0.05, 0.1) is 0 Å². The van der Waals surface area contributed by atoms with Gasteiger partial charge in [-0.05, 0) is 0 Å². The van der Waals surface area contributed by atoms with Gasteiger partial charge in [-0.3, -0.25) is 0 Å². The van der Waals surface area contributed by atoms with E-state index in [1.54, 1.807) is 0 Å². The number of hydrogen-bond donors (Lipinski definition) is 0. The van der Waals surface area contributed by atoms with Crippen LogP contribution in [0.2, 0.25) is 0 Å². The van der Waals surface area contributed by atoms with Crippen LogP contribution in [0.15, 0.2) is 182 Å². The maximum atomic E-state index is 7.40. The first kappa shape index (κ1) is 50.8. The minimum atomic E-state index is 0.00436. The predicted octanol–water partition coefficient (Wildman–Crippen LogP) is 11.0. The van der Waals surface area contributed by atoms with E-state index >= 15 is 0 Å². The fourth-order valence-corrected chi connectivity index (χ4v) is 17.0. The van der Waals surface area contributed by atoms with Crippen LogP contribution in [0.3, 0.4) is 0 Å². The van der Waals surface area contributed by atoms with Crippen molar-refractivity contribution in [2.45, 2.75) is 105 Å². The van der Waals surface area contributed by atoms with E-state index in [-0.39, 0.29) is 65.0 Å². The summed E-state index contributed by atoms with van der Waals surface area (Å²) in [5.41, 5.74) is 19.8. The maximum absolute atomic E-state index is 7.40. The van der Waals surface area contributed by atoms with Gasteiger partial charge in [0, 0.05) is 0 Å². The summed E-state index contributed by atoms with van der Waals surface area (Å²) in [6, 6.07) is 69.2. The molecule has 0 unspecified atom stereocenters. The minimum absolute atomic E-state index is 0.00436. The number of benzene rings is 9. The number of fused-ring (bicyclic) bond motifs is 8. The van der Waals surface area contributed by atoms with Gasteiger partial charge in [-0.1, -0.05) is 0 Å². The second-order valence-electron chi connectivity index (χ2n) is 25.8. The Morgan fingerprint density at radius 2 is 0.603 bits per heavy atom. The summed E-state index contributed by atoms with van der Waals surface area (Å²) in [5, 5.41) is 0. The van der Waals surface area contributed by atoms with Crippen LogP contribution < -0.4 is 69.9 Å². The van der Waals surface area contributed by atoms with E-state index in [2.05, 4.69) is 275 Å². The molecule has 0 atom stereocenters. The van der Waals surface area contributed by atoms with Gasteiger partial charge in [-0.25, -0.2) is 0 Å². The van der Waals surface area contributed by atoms with E-state index in [0.29, 0.717) is 0 Å². The SMILES string of the molecule is CC(C)(C)c1ccc(N(c2ccc(C(C)(C)C)cc2)c2cc3c4c(c2)[Se]c2ccccc2B4c2cc4c(cc2O3)Oc2cc(N(c3ccc(C(C)(C)C)cc3)c3ccc(C(C)(C)C)cc3)cc3c2B4c2ccccc2[Se]3)cc1. The van der Waals surface area contributed by atoms with Crippen LogP contribution in [0.25, 0.3) is 0 Å². The zero-order chi connectivity index (χ0) is 54.2. The van der Waals surface area contributed by atoms with Crippen molar-refractivity contribution in [3.8, 4) is 23.0 Å². The summed E-state index contributed by atoms with van der Waals surface area (Å²) in [7, 11) is 0. The number of nitrogens with zero attached hydrogens (tertiary/aromatic N) is 2. The van der Waals surface area contributed by atoms with Crippen molar-refractivity contribution in [1.82, 2.24) is 0 Å². The summed E-state index contributed by atoms with van der Waals surface area (Å²) >= 11 is 0.104. The normalized spacial score (nSPS) is 13.9. The van der Waals surface area contributed by atoms with Crippen LogP contribution in [0.5, 0.6) is 23.0 Å². The van der Waals surface area contributed by atoms with Crippen molar-refractivity contribution in [2.24, 2.45) is 0 Å². The van der Waals surface area contributed by atoms with Crippen molar-refractivity contribution in [3.05, 3.63) is 204 Å². The molecule has 0 amide bonds. The molecule has 0 saturated carbocycles. The van der Waals surface area contributed by atoms with Crippen LogP contribution in [0.4, 0.5) is 34.1 Å². The number of anilines is 6. The number of hydrogen-bond acceptors (Lipinski definition) is 4. The van der Waals surface area contributed by atoms with Crippen LogP contribution in [0.1, 0.15) is 105 Å². The Hall–Kier alpha value is -6.65. The molecule has 4 heterocycles. The van der Waals surface area contributed by atoms with Crippen molar-refractivity contribution in [1.29, 1.82) is 0 Å². The fourth-order valence-electron chi connectivity index (χ4n) is 12.0. The second-order valence-corrected chi connectivity index (χ2v) is 30.4. The zero-order valence-electron chi connectivity index (χ0n) is 47.0. The molecule has 0 aliphatic carbocycles. The van der Waals surface area contributed by atoms with E-state index < -0.39 is 0 Å². The Bertz CT molecular complexity index is 3480. The molecule has 4 aliphatic rings. The molecule has 0 bridgehead atoms. The van der Waals surface area contributed by atoms with E-state index in [0.717, 1.165) is 57.1 Å². The van der Waals surface area contributed by atoms with E-state index in [9.17, 15) is 0 Å². The van der Waals surface area contributed by atoms with Crippen LogP contribution in [0, 0.1) is 0 Å². The fraction of sp³-hybridized carbons (Fsp3) is 0.229. The van der Waals surface area contributed by atoms with Gasteiger partial charge >= 0.3 is 479 Å². The second kappa shape index (κ2) is 18.5. The third kappa shape index (κ3) is 8.85. The summed E-state index contributed by atoms with van der Waals surface area (Å²) < 4.78 is 20.4. The van der Waals surface area contributed by atoms with Gasteiger partial charge in [-0.15, -0.1) is 0 Å². The summed E-state index contributed by atoms with van der Waals surface area (Å²) in [6.45, 7) is 27.4. The van der Waals surface area contributed by atoms with Gasteiger partial charge in [-0.2, -0.15) is 0 Å². The van der Waals surface area contributed by atoms with E-state index in [4.69, 9.17) is 9.47 Å². The molecule has 0 aromatic heterocycles. The van der Waals surface area contributed by atoms with Gasteiger partial charge in [0.2, 0.25) is 0 Å². The molecule has 4 nitrogen and oxygen atoms in total. The molecule has 0 N–H and O–H groups in total. The Morgan fingerprint density at radius 1 is 0.295 bits per heavy atom. The average molecular weight is 1150 g/mol. The van der Waals surface area contributed by atoms with E-state index in [1.165, 1.54) is 72.9 Å². The Kier molecular flexibility index (Phi) is 12.0. The van der Waals surface area contributed by atoms with Crippen molar-refractivity contribution in [2.75, 3.05) is 9.80 Å². The van der Waals surface area contributed by atoms with Crippen molar-refractivity contribution in [3.63, 3.8) is 0 Å². The molecule has 9 aromatic rings. The van der Waals surface area contributed by atoms with Crippen LogP contribution >= 0.6 is 0 Å². The standard InChI is InChI=1S/C70H66B2N2O2Se2/c1-67(2,3)43-21-29-47(30-22-43)73(48-31-23-44(24-32-48)68(4,5)6)51-37-59-65-63(39-51)77-61-19-15-13-17-53(61)71(65)55-41-56-58(42-57(55)75-59)76-60-38-52(40-64-66(60)72(56)54-18-14-16-20-62(54)78-64)74(49-33-25-45(26-34-49)69(7,8)9)50-35-27-46(28-36-50)70(10,11)12/h13-42H,1-12H3. The van der Waals surface area contributed by atoms with Gasteiger partial charge in [0.1, 0.15) is 0 Å². The first-order valence-corrected chi connectivity index (χ1v) is 31.0. The summed E-state index contributed by atoms with van der Waals surface area (Å²) in [4.78, 5) is 4.84. The molecule has 386 valence electrons. The quantitative estimate of drug-likeness (QED) is 0.155. The summed E-state index contributed by atoms with van der Waals surface area (Å²) in [6.07, 6.45) is 0. The number of rotatable bonds is 6. The van der Waals surface area contributed by atoms with Crippen LogP contribution in [-0.2, 0) is 21.7 Å². The van der Waals surface area contributed by atoms with Crippen LogP contribution in [-0.4, -0.2) is 43.3 Å². The molecule has 4 aliphatic heterocycles. The van der Waals surface area contributed by atoms with Crippen molar-refractivity contribution < 1.29 is 9.47 Å². The molecule has 78 heavy (non-hydrogen) atoms. The van der Waals surface area contributed by atoms with Gasteiger partial charge in [0.15, 0.2) is 0 Å². The molecule has 8 heteroatoms. The topological polar surface area (TPSA) is 24.9 Å². The van der Waals surface area contributed by atoms with E-state index in [1.807, 2.05) is 0 Å². The summed E-state index contributed by atoms with van der Waals surface area (Å²) in [5.74, 6) is 3.52. The van der Waals surface area contributed by atoms with Gasteiger partial charge in [0.25, 0.3) is 0 Å². The molecule has 9 aromatic carbocycles. The first-order chi connectivity index (χ1) is 37.2. The third-order valence-corrected chi connectivity index (χ3v) is 21.2. The Morgan fingerprint density at radius 3 is 0.910 bits per heavy atom. The molecule has 0 radical (unpaired) electrons.